The Balaban J connectivity index is 1.87. The summed E-state index contributed by atoms with van der Waals surface area (Å²) >= 11 is 0. The molecule has 31 heavy (non-hydrogen) atoms. The van der Waals surface area contributed by atoms with Gasteiger partial charge in [-0.2, -0.15) is 9.69 Å². The van der Waals surface area contributed by atoms with Crippen molar-refractivity contribution in [1.29, 1.82) is 0 Å². The number of hydrogen-bond donors (Lipinski definition) is 0. The minimum absolute atomic E-state index is 0.0838. The van der Waals surface area contributed by atoms with E-state index in [2.05, 4.69) is 27.1 Å². The van der Waals surface area contributed by atoms with Crippen molar-refractivity contribution < 1.29 is 9.33 Å². The van der Waals surface area contributed by atoms with Gasteiger partial charge in [-0.25, -0.2) is 9.67 Å². The lowest BCUT2D eigenvalue weighted by atomic mass is 9.96. The molecule has 0 radical (unpaired) electrons. The average Bonchev–Trinajstić information content (AvgIpc) is 3.20. The lowest BCUT2D eigenvalue weighted by Gasteiger charge is -2.17. The van der Waals surface area contributed by atoms with E-state index in [9.17, 15) is 4.79 Å². The normalized spacial score (nSPS) is 24.9. The number of hydrogen-bond acceptors (Lipinski definition) is 6. The first-order valence-electron chi connectivity index (χ1n) is 10.5. The topological polar surface area (TPSA) is 81.2 Å². The van der Waals surface area contributed by atoms with E-state index in [1.807, 2.05) is 46.2 Å². The molecule has 0 saturated heterocycles. The number of quaternary nitrogens is 1. The highest BCUT2D eigenvalue weighted by atomic mass is 16.5. The maximum atomic E-state index is 12.6. The van der Waals surface area contributed by atoms with Gasteiger partial charge in [0.1, 0.15) is 36.5 Å². The van der Waals surface area contributed by atoms with Crippen molar-refractivity contribution >= 4 is 24.0 Å². The molecule has 8 nitrogen and oxygen atoms in total. The Kier molecular flexibility index (Phi) is 6.92. The number of allylic oxidation sites excluding steroid dienone is 3. The highest BCUT2D eigenvalue weighted by Gasteiger charge is 2.24. The fourth-order valence-electron chi connectivity index (χ4n) is 3.28. The van der Waals surface area contributed by atoms with Crippen LogP contribution in [0.3, 0.4) is 0 Å². The zero-order valence-electron chi connectivity index (χ0n) is 19.1. The van der Waals surface area contributed by atoms with E-state index in [0.717, 1.165) is 23.4 Å². The smallest absolute Gasteiger partial charge is 0.203 e. The lowest BCUT2D eigenvalue weighted by Crippen LogP contribution is -2.29. The summed E-state index contributed by atoms with van der Waals surface area (Å²) in [5.74, 6) is 0.505. The average molecular weight is 424 g/mol. The number of aliphatic imine (C=N–C) groups is 2. The van der Waals surface area contributed by atoms with Gasteiger partial charge in [0.15, 0.2) is 5.84 Å². The van der Waals surface area contributed by atoms with E-state index in [0.29, 0.717) is 22.7 Å². The van der Waals surface area contributed by atoms with E-state index in [1.165, 1.54) is 0 Å². The largest absolute Gasteiger partial charge is 0.374 e. The number of ether oxygens (including phenoxy) is 1. The number of nitrogens with zero attached hydrogens (tertiary/aromatic N) is 6. The third-order valence-electron chi connectivity index (χ3n) is 5.74. The molecule has 1 aromatic heterocycles. The maximum absolute atomic E-state index is 12.6. The van der Waals surface area contributed by atoms with E-state index < -0.39 is 0 Å². The van der Waals surface area contributed by atoms with Gasteiger partial charge in [0.05, 0.1) is 13.6 Å². The van der Waals surface area contributed by atoms with Gasteiger partial charge in [-0.15, -0.1) is 0 Å². The first-order valence-corrected chi connectivity index (χ1v) is 10.5. The molecule has 0 aliphatic carbocycles. The highest BCUT2D eigenvalue weighted by molar-refractivity contribution is 6.06. The van der Waals surface area contributed by atoms with Crippen LogP contribution in [0.5, 0.6) is 0 Å². The van der Waals surface area contributed by atoms with E-state index >= 15 is 0 Å². The Hall–Kier alpha value is -2.97. The fourth-order valence-corrected chi connectivity index (χ4v) is 3.28. The minimum atomic E-state index is -0.166. The van der Waals surface area contributed by atoms with Crippen LogP contribution in [0.4, 0.5) is 0 Å². The summed E-state index contributed by atoms with van der Waals surface area (Å²) in [7, 11) is 3.67. The molecule has 3 heterocycles. The number of rotatable bonds is 7. The predicted octanol–water partition coefficient (Wildman–Crippen LogP) is 3.00. The molecule has 0 aromatic carbocycles. The summed E-state index contributed by atoms with van der Waals surface area (Å²) in [6.45, 7) is 9.41. The van der Waals surface area contributed by atoms with E-state index in [1.54, 1.807) is 36.5 Å². The van der Waals surface area contributed by atoms with Crippen LogP contribution in [0, 0.1) is 0 Å². The Bertz CT molecular complexity index is 1080. The summed E-state index contributed by atoms with van der Waals surface area (Å²) < 4.78 is 7.45. The van der Waals surface area contributed by atoms with Gasteiger partial charge >= 0.3 is 0 Å². The molecule has 0 spiro atoms. The van der Waals surface area contributed by atoms with Gasteiger partial charge in [-0.1, -0.05) is 29.8 Å². The molecular weight excluding hydrogens is 392 g/mol. The molecule has 3 atom stereocenters. The van der Waals surface area contributed by atoms with Gasteiger partial charge < -0.3 is 4.74 Å². The third kappa shape index (κ3) is 5.03. The van der Waals surface area contributed by atoms with Gasteiger partial charge in [0.25, 0.3) is 0 Å². The van der Waals surface area contributed by atoms with Crippen LogP contribution in [0.15, 0.2) is 61.6 Å². The van der Waals surface area contributed by atoms with Gasteiger partial charge in [-0.05, 0) is 20.8 Å². The predicted molar refractivity (Wildman–Crippen MR) is 126 cm³/mol. The van der Waals surface area contributed by atoms with Crippen LogP contribution in [0.25, 0.3) is 5.70 Å². The zero-order valence-corrected chi connectivity index (χ0v) is 19.1. The van der Waals surface area contributed by atoms with E-state index in [-0.39, 0.29) is 17.5 Å². The van der Waals surface area contributed by atoms with E-state index in [4.69, 9.17) is 4.74 Å². The molecule has 3 unspecified atom stereocenters. The molecule has 164 valence electrons. The summed E-state index contributed by atoms with van der Waals surface area (Å²) in [6.07, 6.45) is 11.2. The molecule has 3 rings (SSSR count). The van der Waals surface area contributed by atoms with Crippen LogP contribution >= 0.6 is 0 Å². The molecular formula is C23H31N6O2+. The molecule has 0 N–H and O–H groups in total. The zero-order chi connectivity index (χ0) is 22.6. The van der Waals surface area contributed by atoms with Gasteiger partial charge in [0.2, 0.25) is 5.43 Å². The molecule has 0 bridgehead atoms. The Morgan fingerprint density at radius 1 is 1.45 bits per heavy atom. The molecule has 0 amide bonds. The second-order valence-electron chi connectivity index (χ2n) is 7.91. The van der Waals surface area contributed by atoms with Crippen LogP contribution in [-0.4, -0.2) is 66.0 Å². The monoisotopic (exact) mass is 423 g/mol. The van der Waals surface area contributed by atoms with Crippen molar-refractivity contribution in [2.45, 2.75) is 39.7 Å². The molecule has 2 aliphatic heterocycles. The molecule has 1 aromatic rings. The number of aromatic nitrogens is 2. The first kappa shape index (κ1) is 22.7. The summed E-state index contributed by atoms with van der Waals surface area (Å²) in [5, 5.41) is 9.16. The number of amidine groups is 1. The molecule has 0 fully saturated rings. The third-order valence-corrected chi connectivity index (χ3v) is 5.74. The van der Waals surface area contributed by atoms with Crippen LogP contribution < -0.4 is 5.43 Å². The second kappa shape index (κ2) is 9.45. The van der Waals surface area contributed by atoms with Crippen molar-refractivity contribution in [2.75, 3.05) is 27.2 Å². The van der Waals surface area contributed by atoms with Crippen molar-refractivity contribution in [3.8, 4) is 0 Å². The standard InChI is InChI=1S/C23H31N6O2/c1-7-18(23-24-13-20(31-6)14-25-23)11-16(3)17(4)22-21(30)9-10-28(27-22)19-12-26-29(5,8-2)15-19/h7,9-13,15,17,20H,8,14H2,1-6H3/q+1. The summed E-state index contributed by atoms with van der Waals surface area (Å²) in [4.78, 5) is 21.6. The Morgan fingerprint density at radius 3 is 2.81 bits per heavy atom. The number of methoxy groups -OCH3 is 1. The van der Waals surface area contributed by atoms with Gasteiger partial charge in [0, 0.05) is 37.1 Å². The Labute approximate surface area is 183 Å². The fraction of sp³-hybridized carbons (Fsp3) is 0.435. The van der Waals surface area contributed by atoms with Crippen molar-refractivity contribution in [3.63, 3.8) is 0 Å². The maximum Gasteiger partial charge on any atom is 0.203 e. The Morgan fingerprint density at radius 2 is 2.23 bits per heavy atom. The molecule has 0 saturated carbocycles. The van der Waals surface area contributed by atoms with Gasteiger partial charge in [-0.3, -0.25) is 9.79 Å². The van der Waals surface area contributed by atoms with Crippen molar-refractivity contribution in [3.05, 3.63) is 57.7 Å². The summed E-state index contributed by atoms with van der Waals surface area (Å²) in [5.41, 5.74) is 3.18. The highest BCUT2D eigenvalue weighted by Crippen LogP contribution is 2.23. The molecule has 8 heteroatoms. The quantitative estimate of drug-likeness (QED) is 0.499. The summed E-state index contributed by atoms with van der Waals surface area (Å²) in [6, 6.07) is 1.56. The van der Waals surface area contributed by atoms with Crippen LogP contribution in [-0.2, 0) is 4.74 Å². The lowest BCUT2D eigenvalue weighted by molar-refractivity contribution is -0.861. The van der Waals surface area contributed by atoms with Crippen molar-refractivity contribution in [1.82, 2.24) is 9.78 Å². The first-order chi connectivity index (χ1) is 14.8. The second-order valence-corrected chi connectivity index (χ2v) is 7.91. The van der Waals surface area contributed by atoms with Crippen molar-refractivity contribution in [2.24, 2.45) is 15.1 Å². The minimum Gasteiger partial charge on any atom is -0.374 e. The van der Waals surface area contributed by atoms with Crippen LogP contribution in [0.2, 0.25) is 0 Å². The SMILES string of the molecule is CC=C(C=C(C)C(C)c1nn(C2=C[N+](C)(CC)N=C2)ccc1=O)C1=NCC(OC)C=N1. The molecule has 2 aliphatic rings. The van der Waals surface area contributed by atoms with Crippen LogP contribution in [0.1, 0.15) is 39.3 Å².